The van der Waals surface area contributed by atoms with Gasteiger partial charge in [-0.2, -0.15) is 18.3 Å². The molecule has 0 unspecified atom stereocenters. The average molecular weight is 429 g/mol. The van der Waals surface area contributed by atoms with Gasteiger partial charge >= 0.3 is 6.18 Å². The molecule has 0 bridgehead atoms. The van der Waals surface area contributed by atoms with Crippen molar-refractivity contribution in [2.45, 2.75) is 19.6 Å². The third-order valence-electron chi connectivity index (χ3n) is 5.27. The van der Waals surface area contributed by atoms with Gasteiger partial charge in [0.05, 0.1) is 5.56 Å². The summed E-state index contributed by atoms with van der Waals surface area (Å²) >= 11 is 0. The lowest BCUT2D eigenvalue weighted by molar-refractivity contribution is -0.137. The highest BCUT2D eigenvalue weighted by molar-refractivity contribution is 5.77. The van der Waals surface area contributed by atoms with Gasteiger partial charge in [-0.15, -0.1) is 0 Å². The van der Waals surface area contributed by atoms with Crippen LogP contribution in [0.15, 0.2) is 54.6 Å². The molecule has 162 valence electrons. The predicted octanol–water partition coefficient (Wildman–Crippen LogP) is 3.62. The van der Waals surface area contributed by atoms with Crippen molar-refractivity contribution < 1.29 is 18.0 Å². The second kappa shape index (κ2) is 8.41. The van der Waals surface area contributed by atoms with E-state index < -0.39 is 11.7 Å². The van der Waals surface area contributed by atoms with Crippen molar-refractivity contribution in [3.8, 4) is 11.4 Å². The monoisotopic (exact) mass is 429 g/mol. The maximum Gasteiger partial charge on any atom is 0.416 e. The smallest absolute Gasteiger partial charge is 0.368 e. The molecule has 9 heteroatoms. The Balaban J connectivity index is 1.41. The van der Waals surface area contributed by atoms with Gasteiger partial charge in [-0.25, -0.2) is 9.67 Å². The number of piperazine rings is 1. The standard InChI is InChI=1S/C22H22F3N5O/c1-16-26-21(17-6-3-2-4-7-17)30(27-16)15-20(31)29-12-10-28(11-13-29)19-9-5-8-18(14-19)22(23,24)25/h2-9,14H,10-13,15H2,1H3. The van der Waals surface area contributed by atoms with Crippen molar-refractivity contribution in [3.63, 3.8) is 0 Å². The van der Waals surface area contributed by atoms with Crippen molar-refractivity contribution in [2.24, 2.45) is 0 Å². The number of aryl methyl sites for hydroxylation is 1. The number of hydrogen-bond acceptors (Lipinski definition) is 4. The number of carbonyl (C=O) groups excluding carboxylic acids is 1. The molecule has 2 heterocycles. The first-order chi connectivity index (χ1) is 14.8. The van der Waals surface area contributed by atoms with Crippen LogP contribution in [0.1, 0.15) is 11.4 Å². The van der Waals surface area contributed by atoms with Crippen LogP contribution in [0.5, 0.6) is 0 Å². The van der Waals surface area contributed by atoms with E-state index in [1.807, 2.05) is 35.2 Å². The second-order valence-electron chi connectivity index (χ2n) is 7.42. The van der Waals surface area contributed by atoms with Crippen LogP contribution in [0.3, 0.4) is 0 Å². The number of benzene rings is 2. The maximum absolute atomic E-state index is 13.0. The number of rotatable bonds is 4. The minimum atomic E-state index is -4.37. The van der Waals surface area contributed by atoms with Crippen molar-refractivity contribution in [3.05, 3.63) is 66.0 Å². The highest BCUT2D eigenvalue weighted by Crippen LogP contribution is 2.32. The van der Waals surface area contributed by atoms with Crippen LogP contribution in [0, 0.1) is 6.92 Å². The summed E-state index contributed by atoms with van der Waals surface area (Å²) in [6.45, 7) is 3.65. The molecule has 1 amide bonds. The fraction of sp³-hybridized carbons (Fsp3) is 0.318. The summed E-state index contributed by atoms with van der Waals surface area (Å²) in [6, 6.07) is 14.8. The molecule has 6 nitrogen and oxygen atoms in total. The second-order valence-corrected chi connectivity index (χ2v) is 7.42. The molecule has 1 saturated heterocycles. The van der Waals surface area contributed by atoms with Gasteiger partial charge in [0.25, 0.3) is 0 Å². The lowest BCUT2D eigenvalue weighted by Gasteiger charge is -2.36. The van der Waals surface area contributed by atoms with E-state index in [0.717, 1.165) is 17.7 Å². The Labute approximate surface area is 177 Å². The number of alkyl halides is 3. The number of carbonyl (C=O) groups is 1. The normalized spacial score (nSPS) is 14.7. The zero-order valence-corrected chi connectivity index (χ0v) is 17.0. The lowest BCUT2D eigenvalue weighted by Crippen LogP contribution is -2.49. The van der Waals surface area contributed by atoms with Crippen LogP contribution in [-0.4, -0.2) is 51.8 Å². The minimum absolute atomic E-state index is 0.0641. The van der Waals surface area contributed by atoms with Crippen LogP contribution in [0.2, 0.25) is 0 Å². The van der Waals surface area contributed by atoms with Crippen molar-refractivity contribution in [1.29, 1.82) is 0 Å². The summed E-state index contributed by atoms with van der Waals surface area (Å²) in [4.78, 5) is 20.9. The Kier molecular flexibility index (Phi) is 5.67. The molecule has 1 aliphatic rings. The molecule has 0 N–H and O–H groups in total. The largest absolute Gasteiger partial charge is 0.416 e. The Morgan fingerprint density at radius 2 is 1.71 bits per heavy atom. The third-order valence-corrected chi connectivity index (χ3v) is 5.27. The molecule has 0 atom stereocenters. The SMILES string of the molecule is Cc1nc(-c2ccccc2)n(CC(=O)N2CCN(c3cccc(C(F)(F)F)c3)CC2)n1. The molecular weight excluding hydrogens is 407 g/mol. The quantitative estimate of drug-likeness (QED) is 0.636. The maximum atomic E-state index is 13.0. The van der Waals surface area contributed by atoms with Crippen LogP contribution in [-0.2, 0) is 17.5 Å². The molecule has 4 rings (SSSR count). The average Bonchev–Trinajstić information content (AvgIpc) is 3.14. The molecule has 0 saturated carbocycles. The molecule has 1 aromatic heterocycles. The van der Waals surface area contributed by atoms with E-state index in [2.05, 4.69) is 10.1 Å². The van der Waals surface area contributed by atoms with Crippen LogP contribution < -0.4 is 4.90 Å². The Morgan fingerprint density at radius 3 is 2.39 bits per heavy atom. The molecular formula is C22H22F3N5O. The number of amides is 1. The zero-order chi connectivity index (χ0) is 22.0. The fourth-order valence-corrected chi connectivity index (χ4v) is 3.69. The molecule has 3 aromatic rings. The highest BCUT2D eigenvalue weighted by Gasteiger charge is 2.31. The van der Waals surface area contributed by atoms with Gasteiger partial charge < -0.3 is 9.80 Å². The third kappa shape index (κ3) is 4.70. The topological polar surface area (TPSA) is 54.3 Å². The van der Waals surface area contributed by atoms with Crippen molar-refractivity contribution in [1.82, 2.24) is 19.7 Å². The summed E-state index contributed by atoms with van der Waals surface area (Å²) in [5.74, 6) is 1.13. The van der Waals surface area contributed by atoms with E-state index in [-0.39, 0.29) is 12.5 Å². The zero-order valence-electron chi connectivity index (χ0n) is 17.0. The summed E-state index contributed by atoms with van der Waals surface area (Å²) in [7, 11) is 0. The molecule has 1 aliphatic heterocycles. The molecule has 1 fully saturated rings. The highest BCUT2D eigenvalue weighted by atomic mass is 19.4. The Morgan fingerprint density at radius 1 is 1.00 bits per heavy atom. The molecule has 31 heavy (non-hydrogen) atoms. The van der Waals surface area contributed by atoms with Gasteiger partial charge in [-0.1, -0.05) is 36.4 Å². The predicted molar refractivity (Wildman–Crippen MR) is 110 cm³/mol. The van der Waals surface area contributed by atoms with E-state index in [0.29, 0.717) is 43.5 Å². The first-order valence-electron chi connectivity index (χ1n) is 9.98. The van der Waals surface area contributed by atoms with Gasteiger partial charge in [0.1, 0.15) is 12.4 Å². The molecule has 0 spiro atoms. The number of halogens is 3. The van der Waals surface area contributed by atoms with Gasteiger partial charge in [0.2, 0.25) is 5.91 Å². The number of nitrogens with zero attached hydrogens (tertiary/aromatic N) is 5. The molecule has 0 radical (unpaired) electrons. The lowest BCUT2D eigenvalue weighted by atomic mass is 10.1. The van der Waals surface area contributed by atoms with E-state index >= 15 is 0 Å². The van der Waals surface area contributed by atoms with Crippen LogP contribution in [0.4, 0.5) is 18.9 Å². The van der Waals surface area contributed by atoms with Crippen LogP contribution in [0.25, 0.3) is 11.4 Å². The minimum Gasteiger partial charge on any atom is -0.368 e. The van der Waals surface area contributed by atoms with Crippen molar-refractivity contribution >= 4 is 11.6 Å². The summed E-state index contributed by atoms with van der Waals surface area (Å²) in [5, 5.41) is 4.36. The van der Waals surface area contributed by atoms with Gasteiger partial charge in [0.15, 0.2) is 5.82 Å². The Hall–Kier alpha value is -3.36. The summed E-state index contributed by atoms with van der Waals surface area (Å²) in [6.07, 6.45) is -4.37. The van der Waals surface area contributed by atoms with Crippen LogP contribution >= 0.6 is 0 Å². The van der Waals surface area contributed by atoms with Gasteiger partial charge in [0, 0.05) is 37.4 Å². The summed E-state index contributed by atoms with van der Waals surface area (Å²) in [5.41, 5.74) is 0.726. The fourth-order valence-electron chi connectivity index (χ4n) is 3.69. The molecule has 2 aromatic carbocycles. The molecule has 0 aliphatic carbocycles. The number of anilines is 1. The number of aromatic nitrogens is 3. The van der Waals surface area contributed by atoms with E-state index in [4.69, 9.17) is 0 Å². The van der Waals surface area contributed by atoms with E-state index in [1.54, 1.807) is 22.6 Å². The number of hydrogen-bond donors (Lipinski definition) is 0. The first-order valence-corrected chi connectivity index (χ1v) is 9.98. The van der Waals surface area contributed by atoms with Gasteiger partial charge in [-0.05, 0) is 25.1 Å². The Bertz CT molecular complexity index is 1060. The van der Waals surface area contributed by atoms with E-state index in [1.165, 1.54) is 6.07 Å². The van der Waals surface area contributed by atoms with E-state index in [9.17, 15) is 18.0 Å². The summed E-state index contributed by atoms with van der Waals surface area (Å²) < 4.78 is 40.5. The van der Waals surface area contributed by atoms with Crippen molar-refractivity contribution in [2.75, 3.05) is 31.1 Å². The van der Waals surface area contributed by atoms with Gasteiger partial charge in [-0.3, -0.25) is 4.79 Å². The first kappa shape index (κ1) is 20.9.